The van der Waals surface area contributed by atoms with Gasteiger partial charge in [-0.05, 0) is 31.5 Å². The molecule has 0 aliphatic heterocycles. The highest BCUT2D eigenvalue weighted by Gasteiger charge is 2.12. The number of hydrogen-bond acceptors (Lipinski definition) is 3. The van der Waals surface area contributed by atoms with Crippen molar-refractivity contribution in [1.82, 2.24) is 0 Å². The monoisotopic (exact) mass is 224 g/mol. The van der Waals surface area contributed by atoms with Crippen LogP contribution in [0.5, 0.6) is 5.75 Å². The highest BCUT2D eigenvalue weighted by atomic mass is 16.5. The number of benzene rings is 1. The molecule has 2 N–H and O–H groups in total. The van der Waals surface area contributed by atoms with Gasteiger partial charge in [0.25, 0.3) is 0 Å². The first kappa shape index (κ1) is 12.5. The maximum Gasteiger partial charge on any atom is 0.306 e. The van der Waals surface area contributed by atoms with Crippen LogP contribution in [0.15, 0.2) is 24.3 Å². The Bertz CT molecular complexity index is 360. The third kappa shape index (κ3) is 3.90. The summed E-state index contributed by atoms with van der Waals surface area (Å²) >= 11 is 0. The molecular formula is C12H16O4. The van der Waals surface area contributed by atoms with Gasteiger partial charge in [-0.3, -0.25) is 4.79 Å². The number of hydrogen-bond donors (Lipinski definition) is 2. The van der Waals surface area contributed by atoms with Crippen LogP contribution in [0.3, 0.4) is 0 Å². The third-order valence-electron chi connectivity index (χ3n) is 1.98. The molecule has 0 heterocycles. The van der Waals surface area contributed by atoms with E-state index >= 15 is 0 Å². The van der Waals surface area contributed by atoms with Crippen molar-refractivity contribution in [3.8, 4) is 5.75 Å². The molecule has 1 aromatic carbocycles. The molecule has 1 atom stereocenters. The summed E-state index contributed by atoms with van der Waals surface area (Å²) in [5.74, 6) is -0.389. The van der Waals surface area contributed by atoms with E-state index in [0.717, 1.165) is 0 Å². The summed E-state index contributed by atoms with van der Waals surface area (Å²) in [6.45, 7) is 3.81. The number of rotatable bonds is 5. The smallest absolute Gasteiger partial charge is 0.306 e. The summed E-state index contributed by atoms with van der Waals surface area (Å²) in [6.07, 6.45) is -1.24. The predicted molar refractivity (Wildman–Crippen MR) is 59.4 cm³/mol. The van der Waals surface area contributed by atoms with Crippen LogP contribution in [-0.4, -0.2) is 22.3 Å². The molecular weight excluding hydrogens is 208 g/mol. The Kier molecular flexibility index (Phi) is 4.31. The van der Waals surface area contributed by atoms with Crippen molar-refractivity contribution in [2.45, 2.75) is 32.5 Å². The second-order valence-corrected chi connectivity index (χ2v) is 3.85. The van der Waals surface area contributed by atoms with Crippen LogP contribution in [0.25, 0.3) is 0 Å². The Balaban J connectivity index is 2.77. The molecule has 0 aromatic heterocycles. The Hall–Kier alpha value is -1.55. The average molecular weight is 224 g/mol. The second kappa shape index (κ2) is 5.51. The maximum absolute atomic E-state index is 10.5. The molecule has 0 aliphatic carbocycles. The molecule has 0 fully saturated rings. The van der Waals surface area contributed by atoms with Gasteiger partial charge >= 0.3 is 5.97 Å². The molecule has 0 aliphatic rings. The molecule has 1 aromatic rings. The van der Waals surface area contributed by atoms with Crippen molar-refractivity contribution in [3.05, 3.63) is 29.8 Å². The van der Waals surface area contributed by atoms with Gasteiger partial charge in [-0.15, -0.1) is 0 Å². The van der Waals surface area contributed by atoms with Gasteiger partial charge in [0.05, 0.1) is 18.6 Å². The molecule has 16 heavy (non-hydrogen) atoms. The fourth-order valence-corrected chi connectivity index (χ4v) is 1.35. The van der Waals surface area contributed by atoms with Gasteiger partial charge in [0.15, 0.2) is 0 Å². The highest BCUT2D eigenvalue weighted by molar-refractivity contribution is 5.67. The zero-order valence-corrected chi connectivity index (χ0v) is 9.38. The maximum atomic E-state index is 10.5. The van der Waals surface area contributed by atoms with Crippen LogP contribution >= 0.6 is 0 Å². The fourth-order valence-electron chi connectivity index (χ4n) is 1.35. The van der Waals surface area contributed by atoms with E-state index in [0.29, 0.717) is 11.3 Å². The number of carboxylic acids is 1. The highest BCUT2D eigenvalue weighted by Crippen LogP contribution is 2.22. The number of carboxylic acid groups (broad SMARTS) is 1. The van der Waals surface area contributed by atoms with Gasteiger partial charge in [0, 0.05) is 0 Å². The van der Waals surface area contributed by atoms with E-state index in [-0.39, 0.29) is 12.5 Å². The Morgan fingerprint density at radius 3 is 2.69 bits per heavy atom. The number of ether oxygens (including phenoxy) is 1. The summed E-state index contributed by atoms with van der Waals surface area (Å²) in [5.41, 5.74) is 0.556. The lowest BCUT2D eigenvalue weighted by Gasteiger charge is -2.13. The number of carbonyl (C=O) groups is 1. The van der Waals surface area contributed by atoms with Gasteiger partial charge < -0.3 is 14.9 Å². The van der Waals surface area contributed by atoms with Gasteiger partial charge in [0.1, 0.15) is 5.75 Å². The number of aliphatic carboxylic acids is 1. The zero-order valence-electron chi connectivity index (χ0n) is 9.38. The largest absolute Gasteiger partial charge is 0.491 e. The van der Waals surface area contributed by atoms with Gasteiger partial charge in [-0.25, -0.2) is 0 Å². The molecule has 0 spiro atoms. The zero-order chi connectivity index (χ0) is 12.1. The standard InChI is InChI=1S/C12H16O4/c1-8(2)16-10-5-3-4-9(6-10)11(13)7-12(14)15/h3-6,8,11,13H,7H2,1-2H3,(H,14,15). The average Bonchev–Trinajstić information content (AvgIpc) is 2.16. The topological polar surface area (TPSA) is 66.8 Å². The summed E-state index contributed by atoms with van der Waals surface area (Å²) in [5, 5.41) is 18.2. The molecule has 0 saturated heterocycles. The van der Waals surface area contributed by atoms with Crippen LogP contribution in [0.2, 0.25) is 0 Å². The number of aliphatic hydroxyl groups is 1. The van der Waals surface area contributed by atoms with E-state index in [9.17, 15) is 9.90 Å². The van der Waals surface area contributed by atoms with E-state index < -0.39 is 12.1 Å². The van der Waals surface area contributed by atoms with Crippen molar-refractivity contribution >= 4 is 5.97 Å². The van der Waals surface area contributed by atoms with Crippen molar-refractivity contribution in [2.24, 2.45) is 0 Å². The lowest BCUT2D eigenvalue weighted by atomic mass is 10.1. The van der Waals surface area contributed by atoms with E-state index in [4.69, 9.17) is 9.84 Å². The molecule has 0 saturated carbocycles. The van der Waals surface area contributed by atoms with Crippen molar-refractivity contribution in [1.29, 1.82) is 0 Å². The molecule has 4 heteroatoms. The van der Waals surface area contributed by atoms with Crippen LogP contribution in [0.4, 0.5) is 0 Å². The van der Waals surface area contributed by atoms with Crippen LogP contribution < -0.4 is 4.74 Å². The minimum atomic E-state index is -1.03. The van der Waals surface area contributed by atoms with Crippen molar-refractivity contribution in [3.63, 3.8) is 0 Å². The van der Waals surface area contributed by atoms with Crippen LogP contribution in [-0.2, 0) is 4.79 Å². The van der Waals surface area contributed by atoms with Gasteiger partial charge in [-0.1, -0.05) is 12.1 Å². The summed E-state index contributed by atoms with van der Waals surface area (Å²) in [4.78, 5) is 10.5. The molecule has 0 amide bonds. The van der Waals surface area contributed by atoms with Crippen LogP contribution in [0.1, 0.15) is 31.9 Å². The summed E-state index contributed by atoms with van der Waals surface area (Å²) in [6, 6.07) is 6.85. The SMILES string of the molecule is CC(C)Oc1cccc(C(O)CC(=O)O)c1. The number of aliphatic hydroxyl groups excluding tert-OH is 1. The van der Waals surface area contributed by atoms with Crippen molar-refractivity contribution in [2.75, 3.05) is 0 Å². The first-order chi connectivity index (χ1) is 7.49. The molecule has 1 unspecified atom stereocenters. The fraction of sp³-hybridized carbons (Fsp3) is 0.417. The molecule has 0 bridgehead atoms. The lowest BCUT2D eigenvalue weighted by Crippen LogP contribution is -2.08. The quantitative estimate of drug-likeness (QED) is 0.802. The molecule has 88 valence electrons. The first-order valence-corrected chi connectivity index (χ1v) is 5.15. The van der Waals surface area contributed by atoms with Gasteiger partial charge in [0.2, 0.25) is 0 Å². The second-order valence-electron chi connectivity index (χ2n) is 3.85. The molecule has 4 nitrogen and oxygen atoms in total. The minimum absolute atomic E-state index is 0.0480. The lowest BCUT2D eigenvalue weighted by molar-refractivity contribution is -0.139. The van der Waals surface area contributed by atoms with Crippen LogP contribution in [0, 0.1) is 0 Å². The third-order valence-corrected chi connectivity index (χ3v) is 1.98. The molecule has 0 radical (unpaired) electrons. The summed E-state index contributed by atoms with van der Waals surface area (Å²) in [7, 11) is 0. The Morgan fingerprint density at radius 1 is 1.44 bits per heavy atom. The minimum Gasteiger partial charge on any atom is -0.491 e. The Labute approximate surface area is 94.5 Å². The van der Waals surface area contributed by atoms with Gasteiger partial charge in [-0.2, -0.15) is 0 Å². The normalized spacial score (nSPS) is 12.5. The van der Waals surface area contributed by atoms with E-state index in [1.54, 1.807) is 24.3 Å². The summed E-state index contributed by atoms with van der Waals surface area (Å²) < 4.78 is 5.45. The molecule has 1 rings (SSSR count). The first-order valence-electron chi connectivity index (χ1n) is 5.15. The van der Waals surface area contributed by atoms with E-state index in [2.05, 4.69) is 0 Å². The van der Waals surface area contributed by atoms with Crippen molar-refractivity contribution < 1.29 is 19.7 Å². The predicted octanol–water partition coefficient (Wildman–Crippen LogP) is 1.98. The Morgan fingerprint density at radius 2 is 2.12 bits per heavy atom. The van der Waals surface area contributed by atoms with E-state index in [1.165, 1.54) is 0 Å². The van der Waals surface area contributed by atoms with E-state index in [1.807, 2.05) is 13.8 Å².